The molecule has 0 saturated heterocycles. The molecular formula is C35H42N8O5. The molecule has 1 heterocycles. The van der Waals surface area contributed by atoms with Gasteiger partial charge in [-0.3, -0.25) is 19.0 Å². The van der Waals surface area contributed by atoms with Crippen LogP contribution in [0.4, 0.5) is 17.2 Å². The largest absolute Gasteiger partial charge is 0.399 e. The third-order valence-electron chi connectivity index (χ3n) is 7.06. The third-order valence-corrected chi connectivity index (χ3v) is 7.06. The van der Waals surface area contributed by atoms with Gasteiger partial charge in [-0.2, -0.15) is 0 Å². The summed E-state index contributed by atoms with van der Waals surface area (Å²) >= 11 is 0. The van der Waals surface area contributed by atoms with E-state index in [4.69, 9.17) is 16.2 Å². The molecular weight excluding hydrogens is 612 g/mol. The first-order chi connectivity index (χ1) is 22.9. The number of amidine groups is 1. The molecule has 0 fully saturated rings. The number of aliphatic hydroxyl groups is 1. The first-order valence-electron chi connectivity index (χ1n) is 15.5. The summed E-state index contributed by atoms with van der Waals surface area (Å²) in [5, 5.41) is 18.8. The first-order valence-corrected chi connectivity index (χ1v) is 15.5. The summed E-state index contributed by atoms with van der Waals surface area (Å²) < 4.78 is 6.67. The molecule has 48 heavy (non-hydrogen) atoms. The Hall–Kier alpha value is -5.53. The number of aliphatic imine (C=N–C) groups is 1. The highest BCUT2D eigenvalue weighted by Crippen LogP contribution is 2.26. The van der Waals surface area contributed by atoms with E-state index in [0.29, 0.717) is 28.2 Å². The summed E-state index contributed by atoms with van der Waals surface area (Å²) in [6.45, 7) is 7.35. The molecule has 252 valence electrons. The molecule has 8 N–H and O–H groups in total. The second kappa shape index (κ2) is 16.3. The van der Waals surface area contributed by atoms with Gasteiger partial charge in [-0.1, -0.05) is 68.4 Å². The Bertz CT molecular complexity index is 1800. The number of amides is 2. The van der Waals surface area contributed by atoms with Gasteiger partial charge in [-0.05, 0) is 43.2 Å². The number of hydrogen-bond acceptors (Lipinski definition) is 9. The minimum Gasteiger partial charge on any atom is -0.399 e. The SMILES string of the molecule is CC(C)Nc1ncc(-c2cc(N)cc(NC(=O)C(C)C)c2)n(CC(=O)NCc2ccc(/C(N)=N/C(O)OCc3ccccc3)cc2)c1=O. The molecule has 1 unspecified atom stereocenters. The topological polar surface area (TPSA) is 199 Å². The Morgan fingerprint density at radius 3 is 2.38 bits per heavy atom. The normalized spacial score (nSPS) is 12.2. The zero-order chi connectivity index (χ0) is 34.8. The van der Waals surface area contributed by atoms with Gasteiger partial charge in [0.05, 0.1) is 18.5 Å². The van der Waals surface area contributed by atoms with Crippen LogP contribution >= 0.6 is 0 Å². The fourth-order valence-corrected chi connectivity index (χ4v) is 4.58. The minimum atomic E-state index is -1.43. The number of rotatable bonds is 14. The van der Waals surface area contributed by atoms with E-state index < -0.39 is 17.9 Å². The van der Waals surface area contributed by atoms with E-state index in [1.54, 1.807) is 56.3 Å². The van der Waals surface area contributed by atoms with Crippen LogP contribution in [0.1, 0.15) is 44.4 Å². The lowest BCUT2D eigenvalue weighted by atomic mass is 10.1. The third kappa shape index (κ3) is 9.98. The molecule has 0 bridgehead atoms. The Labute approximate surface area is 279 Å². The van der Waals surface area contributed by atoms with Gasteiger partial charge in [0, 0.05) is 41.0 Å². The van der Waals surface area contributed by atoms with Crippen LogP contribution in [0.3, 0.4) is 0 Å². The van der Waals surface area contributed by atoms with Crippen molar-refractivity contribution in [3.63, 3.8) is 0 Å². The molecule has 2 amide bonds. The smallest absolute Gasteiger partial charge is 0.294 e. The summed E-state index contributed by atoms with van der Waals surface area (Å²) in [7, 11) is 0. The average molecular weight is 655 g/mol. The molecule has 0 aliphatic heterocycles. The fourth-order valence-electron chi connectivity index (χ4n) is 4.58. The van der Waals surface area contributed by atoms with Gasteiger partial charge in [-0.15, -0.1) is 0 Å². The first kappa shape index (κ1) is 35.3. The molecule has 0 saturated carbocycles. The van der Waals surface area contributed by atoms with E-state index in [2.05, 4.69) is 25.9 Å². The van der Waals surface area contributed by atoms with Crippen molar-refractivity contribution in [2.75, 3.05) is 16.4 Å². The maximum atomic E-state index is 13.5. The molecule has 4 aromatic rings. The van der Waals surface area contributed by atoms with E-state index in [9.17, 15) is 19.5 Å². The van der Waals surface area contributed by atoms with Gasteiger partial charge >= 0.3 is 0 Å². The van der Waals surface area contributed by atoms with E-state index in [1.165, 1.54) is 10.8 Å². The van der Waals surface area contributed by atoms with Crippen LogP contribution in [0.5, 0.6) is 0 Å². The molecule has 0 aliphatic carbocycles. The Balaban J connectivity index is 1.46. The van der Waals surface area contributed by atoms with Crippen LogP contribution in [0.2, 0.25) is 0 Å². The predicted octanol–water partition coefficient (Wildman–Crippen LogP) is 3.42. The number of aliphatic hydroxyl groups excluding tert-OH is 1. The van der Waals surface area contributed by atoms with Crippen molar-refractivity contribution >= 4 is 34.8 Å². The lowest BCUT2D eigenvalue weighted by Gasteiger charge is -2.17. The number of carbonyl (C=O) groups excluding carboxylic acids is 2. The Kier molecular flexibility index (Phi) is 12.0. The zero-order valence-electron chi connectivity index (χ0n) is 27.4. The molecule has 3 aromatic carbocycles. The molecule has 13 heteroatoms. The summed E-state index contributed by atoms with van der Waals surface area (Å²) in [6.07, 6.45) is 0.0657. The van der Waals surface area contributed by atoms with Crippen LogP contribution in [-0.2, 0) is 34.0 Å². The lowest BCUT2D eigenvalue weighted by Crippen LogP contribution is -2.35. The standard InChI is InChI=1S/C35H42N8O5/c1-21(2)33(45)41-28-15-26(14-27(36)16-28)29-18-39-32(40-22(3)4)34(46)43(29)19-30(44)38-17-23-10-12-25(13-11-23)31(37)42-35(47)48-20-24-8-6-5-7-9-24/h5-16,18,21-22,35,47H,17,19-20,36H2,1-4H3,(H2,37,42)(H,38,44)(H,39,40)(H,41,45). The van der Waals surface area contributed by atoms with Crippen molar-refractivity contribution in [3.8, 4) is 11.3 Å². The number of anilines is 3. The van der Waals surface area contributed by atoms with E-state index >= 15 is 0 Å². The van der Waals surface area contributed by atoms with Crippen molar-refractivity contribution in [1.29, 1.82) is 0 Å². The minimum absolute atomic E-state index is 0.0734. The second-order valence-corrected chi connectivity index (χ2v) is 11.8. The Morgan fingerprint density at radius 1 is 1.00 bits per heavy atom. The summed E-state index contributed by atoms with van der Waals surface area (Å²) in [5.74, 6) is -0.661. The van der Waals surface area contributed by atoms with Gasteiger partial charge in [-0.25, -0.2) is 9.98 Å². The van der Waals surface area contributed by atoms with Gasteiger partial charge in [0.2, 0.25) is 11.8 Å². The molecule has 13 nitrogen and oxygen atoms in total. The lowest BCUT2D eigenvalue weighted by molar-refractivity contribution is -0.122. The van der Waals surface area contributed by atoms with Crippen LogP contribution in [-0.4, -0.2) is 44.8 Å². The van der Waals surface area contributed by atoms with Gasteiger partial charge in [0.15, 0.2) is 5.82 Å². The van der Waals surface area contributed by atoms with Crippen molar-refractivity contribution in [2.45, 2.75) is 59.8 Å². The Morgan fingerprint density at radius 2 is 1.71 bits per heavy atom. The molecule has 1 aromatic heterocycles. The zero-order valence-corrected chi connectivity index (χ0v) is 27.4. The number of benzene rings is 3. The summed E-state index contributed by atoms with van der Waals surface area (Å²) in [6, 6.07) is 21.2. The van der Waals surface area contributed by atoms with Crippen LogP contribution in [0.25, 0.3) is 11.3 Å². The van der Waals surface area contributed by atoms with E-state index in [0.717, 1.165) is 11.1 Å². The molecule has 1 atom stereocenters. The maximum Gasteiger partial charge on any atom is 0.294 e. The number of nitrogens with two attached hydrogens (primary N) is 2. The van der Waals surface area contributed by atoms with Gasteiger partial charge < -0.3 is 37.3 Å². The quantitative estimate of drug-likeness (QED) is 0.0510. The number of ether oxygens (including phenoxy) is 1. The molecule has 4 rings (SSSR count). The number of nitrogens with zero attached hydrogens (tertiary/aromatic N) is 3. The van der Waals surface area contributed by atoms with E-state index in [-0.39, 0.29) is 49.2 Å². The molecule has 0 radical (unpaired) electrons. The highest BCUT2D eigenvalue weighted by molar-refractivity contribution is 5.97. The number of nitrogen functional groups attached to an aromatic ring is 1. The number of aromatic nitrogens is 2. The highest BCUT2D eigenvalue weighted by Gasteiger charge is 2.17. The van der Waals surface area contributed by atoms with Crippen molar-refractivity contribution in [1.82, 2.24) is 14.9 Å². The fraction of sp³-hybridized carbons (Fsp3) is 0.286. The monoisotopic (exact) mass is 654 g/mol. The molecule has 0 aliphatic rings. The summed E-state index contributed by atoms with van der Waals surface area (Å²) in [5.41, 5.74) is 15.6. The van der Waals surface area contributed by atoms with Crippen molar-refractivity contribution < 1.29 is 19.4 Å². The predicted molar refractivity (Wildman–Crippen MR) is 187 cm³/mol. The second-order valence-electron chi connectivity index (χ2n) is 11.8. The van der Waals surface area contributed by atoms with Crippen LogP contribution in [0, 0.1) is 5.92 Å². The van der Waals surface area contributed by atoms with Crippen LogP contribution < -0.4 is 33.0 Å². The maximum absolute atomic E-state index is 13.5. The number of carbonyl (C=O) groups is 2. The average Bonchev–Trinajstić information content (AvgIpc) is 3.05. The molecule has 0 spiro atoms. The summed E-state index contributed by atoms with van der Waals surface area (Å²) in [4.78, 5) is 47.4. The number of hydrogen-bond donors (Lipinski definition) is 6. The van der Waals surface area contributed by atoms with Gasteiger partial charge in [0.25, 0.3) is 12.0 Å². The van der Waals surface area contributed by atoms with Crippen molar-refractivity contribution in [3.05, 3.63) is 106 Å². The van der Waals surface area contributed by atoms with Gasteiger partial charge in [0.1, 0.15) is 12.4 Å². The highest BCUT2D eigenvalue weighted by atomic mass is 16.6. The van der Waals surface area contributed by atoms with Crippen molar-refractivity contribution in [2.24, 2.45) is 16.6 Å². The number of nitrogens with one attached hydrogen (secondary N) is 3. The van der Waals surface area contributed by atoms with Crippen LogP contribution in [0.15, 0.2) is 88.8 Å². The van der Waals surface area contributed by atoms with E-state index in [1.807, 2.05) is 44.2 Å².